The fraction of sp³-hybridized carbons (Fsp3) is 0.610. The van der Waals surface area contributed by atoms with E-state index in [4.69, 9.17) is 38.9 Å². The van der Waals surface area contributed by atoms with Crippen molar-refractivity contribution in [3.05, 3.63) is 59.7 Å². The molecule has 1 aliphatic heterocycles. The lowest BCUT2D eigenvalue weighted by Gasteiger charge is -2.33. The maximum Gasteiger partial charge on any atom is 0.512 e. The van der Waals surface area contributed by atoms with Crippen molar-refractivity contribution in [2.45, 2.75) is 92.4 Å². The Balaban J connectivity index is 1.95. The van der Waals surface area contributed by atoms with Crippen LogP contribution in [0.1, 0.15) is 71.9 Å². The van der Waals surface area contributed by atoms with Crippen molar-refractivity contribution in [3.8, 4) is 11.5 Å². The minimum atomic E-state index is -1.49. The second-order valence-electron chi connectivity index (χ2n) is 15.2. The number of benzene rings is 2. The number of hydrogen-bond acceptors (Lipinski definition) is 11. The molecule has 3 amide bonds. The summed E-state index contributed by atoms with van der Waals surface area (Å²) in [4.78, 5) is 53.6. The molecule has 0 aromatic heterocycles. The Kier molecular flexibility index (Phi) is 17.5. The standard InChI is InChI=1S/C41H61N3O11/c1-26(2)30(20-29-16-17-33(50-8)35(21-29)52-19-13-18-49-7)22-32-34(23-31(27(3)4)36(45)43-25-41(5,6)37(42)46)54-39(44(32)38(47)51-9)55-40(48)53-24-28-14-11-10-12-15-28/h10-12,14-17,21,26-27,30-32,34,39H,13,18-20,22-25H2,1-9H3,(H2,42,46)(H,43,45)/t30-,31-,32-,34-,39?/m0/s1. The summed E-state index contributed by atoms with van der Waals surface area (Å²) in [5.74, 6) is -0.262. The molecule has 1 saturated heterocycles. The molecule has 1 aliphatic rings. The van der Waals surface area contributed by atoms with E-state index < -0.39 is 48.0 Å². The average Bonchev–Trinajstić information content (AvgIpc) is 3.48. The molecule has 2 aromatic rings. The van der Waals surface area contributed by atoms with Crippen LogP contribution in [0, 0.1) is 29.1 Å². The van der Waals surface area contributed by atoms with Gasteiger partial charge in [-0.25, -0.2) is 14.5 Å². The predicted octanol–water partition coefficient (Wildman–Crippen LogP) is 6.08. The molecule has 0 aliphatic carbocycles. The van der Waals surface area contributed by atoms with Gasteiger partial charge in [-0.2, -0.15) is 0 Å². The Morgan fingerprint density at radius 2 is 1.62 bits per heavy atom. The molecule has 5 atom stereocenters. The summed E-state index contributed by atoms with van der Waals surface area (Å²) in [6.45, 7) is 12.4. The number of primary amides is 1. The second-order valence-corrected chi connectivity index (χ2v) is 15.2. The third-order valence-corrected chi connectivity index (χ3v) is 10.0. The van der Waals surface area contributed by atoms with Crippen molar-refractivity contribution in [2.75, 3.05) is 41.1 Å². The van der Waals surface area contributed by atoms with E-state index in [1.165, 1.54) is 12.0 Å². The molecule has 0 spiro atoms. The number of nitrogens with one attached hydrogen (secondary N) is 1. The third kappa shape index (κ3) is 13.3. The van der Waals surface area contributed by atoms with Crippen molar-refractivity contribution in [1.29, 1.82) is 0 Å². The summed E-state index contributed by atoms with van der Waals surface area (Å²) < 4.78 is 39.4. The zero-order valence-corrected chi connectivity index (χ0v) is 33.8. The molecule has 14 nitrogen and oxygen atoms in total. The SMILES string of the molecule is COCCCOc1cc(C[C@@H](C[C@H]2[C@H](C[C@H](C(=O)NCC(C)(C)C(N)=O)C(C)C)OC(OC(=O)OCc3ccccc3)N2C(=O)OC)C(C)C)ccc1OC. The van der Waals surface area contributed by atoms with Crippen LogP contribution >= 0.6 is 0 Å². The molecule has 2 aromatic carbocycles. The molecule has 0 radical (unpaired) electrons. The van der Waals surface area contributed by atoms with Crippen LogP contribution in [0.15, 0.2) is 48.5 Å². The second kappa shape index (κ2) is 21.5. The van der Waals surface area contributed by atoms with Gasteiger partial charge < -0.3 is 44.2 Å². The van der Waals surface area contributed by atoms with Gasteiger partial charge in [-0.15, -0.1) is 0 Å². The first-order valence-electron chi connectivity index (χ1n) is 18.9. The lowest BCUT2D eigenvalue weighted by atomic mass is 9.80. The number of rotatable bonds is 21. The van der Waals surface area contributed by atoms with Gasteiger partial charge in [-0.1, -0.05) is 64.1 Å². The molecular formula is C41H61N3O11. The van der Waals surface area contributed by atoms with Gasteiger partial charge in [-0.05, 0) is 74.1 Å². The van der Waals surface area contributed by atoms with Gasteiger partial charge in [0.2, 0.25) is 11.8 Å². The molecule has 1 unspecified atom stereocenters. The van der Waals surface area contributed by atoms with E-state index in [0.717, 1.165) is 11.1 Å². The highest BCUT2D eigenvalue weighted by atomic mass is 16.8. The zero-order chi connectivity index (χ0) is 40.7. The molecule has 0 bridgehead atoms. The van der Waals surface area contributed by atoms with Crippen LogP contribution < -0.4 is 20.5 Å². The van der Waals surface area contributed by atoms with Gasteiger partial charge in [0.15, 0.2) is 11.5 Å². The Morgan fingerprint density at radius 3 is 2.22 bits per heavy atom. The van der Waals surface area contributed by atoms with Crippen LogP contribution in [0.2, 0.25) is 0 Å². The number of carbonyl (C=O) groups is 4. The van der Waals surface area contributed by atoms with Gasteiger partial charge in [0.05, 0.1) is 38.4 Å². The van der Waals surface area contributed by atoms with Gasteiger partial charge in [0, 0.05) is 32.6 Å². The number of amides is 3. The third-order valence-electron chi connectivity index (χ3n) is 10.0. The summed E-state index contributed by atoms with van der Waals surface area (Å²) in [6.07, 6.45) is -2.15. The highest BCUT2D eigenvalue weighted by Crippen LogP contribution is 2.38. The van der Waals surface area contributed by atoms with E-state index in [0.29, 0.717) is 44.0 Å². The molecule has 1 heterocycles. The van der Waals surface area contributed by atoms with E-state index in [-0.39, 0.29) is 43.2 Å². The predicted molar refractivity (Wildman–Crippen MR) is 205 cm³/mol. The number of ether oxygens (including phenoxy) is 7. The van der Waals surface area contributed by atoms with Gasteiger partial charge in [0.1, 0.15) is 6.61 Å². The molecule has 1 fully saturated rings. The van der Waals surface area contributed by atoms with Gasteiger partial charge in [0.25, 0.3) is 6.41 Å². The van der Waals surface area contributed by atoms with E-state index in [1.54, 1.807) is 40.2 Å². The molecule has 55 heavy (non-hydrogen) atoms. The van der Waals surface area contributed by atoms with Crippen LogP contribution in [0.5, 0.6) is 11.5 Å². The van der Waals surface area contributed by atoms with E-state index in [9.17, 15) is 19.2 Å². The molecule has 3 N–H and O–H groups in total. The molecule has 14 heteroatoms. The number of carbonyl (C=O) groups excluding carboxylic acids is 4. The van der Waals surface area contributed by atoms with Crippen molar-refractivity contribution < 1.29 is 52.3 Å². The largest absolute Gasteiger partial charge is 0.512 e. The van der Waals surface area contributed by atoms with E-state index >= 15 is 0 Å². The van der Waals surface area contributed by atoms with Crippen molar-refractivity contribution in [2.24, 2.45) is 34.8 Å². The van der Waals surface area contributed by atoms with Crippen LogP contribution in [0.4, 0.5) is 9.59 Å². The van der Waals surface area contributed by atoms with Crippen LogP contribution in [-0.2, 0) is 46.3 Å². The maximum atomic E-state index is 13.7. The van der Waals surface area contributed by atoms with E-state index in [2.05, 4.69) is 19.2 Å². The molecule has 0 saturated carbocycles. The Morgan fingerprint density at radius 1 is 0.909 bits per heavy atom. The molecule has 306 valence electrons. The van der Waals surface area contributed by atoms with E-state index in [1.807, 2.05) is 50.2 Å². The van der Waals surface area contributed by atoms with Crippen LogP contribution in [0.25, 0.3) is 0 Å². The normalized spacial score (nSPS) is 18.1. The monoisotopic (exact) mass is 771 g/mol. The topological polar surface area (TPSA) is 174 Å². The highest BCUT2D eigenvalue weighted by Gasteiger charge is 2.50. The quantitative estimate of drug-likeness (QED) is 0.111. The number of nitrogens with two attached hydrogens (primary N) is 1. The fourth-order valence-electron chi connectivity index (χ4n) is 6.37. The first kappa shape index (κ1) is 44.8. The number of methoxy groups -OCH3 is 3. The summed E-state index contributed by atoms with van der Waals surface area (Å²) in [5.41, 5.74) is 6.34. The van der Waals surface area contributed by atoms with Crippen LogP contribution in [0.3, 0.4) is 0 Å². The van der Waals surface area contributed by atoms with Crippen LogP contribution in [-0.4, -0.2) is 88.6 Å². The lowest BCUT2D eigenvalue weighted by Crippen LogP contribution is -2.48. The lowest BCUT2D eigenvalue weighted by molar-refractivity contribution is -0.162. The first-order valence-corrected chi connectivity index (χ1v) is 18.9. The smallest absolute Gasteiger partial charge is 0.493 e. The maximum absolute atomic E-state index is 13.7. The Labute approximate surface area is 325 Å². The molecule has 3 rings (SSSR count). The minimum Gasteiger partial charge on any atom is -0.493 e. The fourth-order valence-corrected chi connectivity index (χ4v) is 6.37. The van der Waals surface area contributed by atoms with Crippen molar-refractivity contribution >= 4 is 24.1 Å². The minimum absolute atomic E-state index is 0.0236. The average molecular weight is 772 g/mol. The Hall–Kier alpha value is -4.56. The zero-order valence-electron chi connectivity index (χ0n) is 33.8. The Bertz CT molecular complexity index is 1530. The summed E-state index contributed by atoms with van der Waals surface area (Å²) >= 11 is 0. The number of nitrogens with zero attached hydrogens (tertiary/aromatic N) is 1. The first-order chi connectivity index (χ1) is 26.1. The van der Waals surface area contributed by atoms with Crippen molar-refractivity contribution in [3.63, 3.8) is 0 Å². The summed E-state index contributed by atoms with van der Waals surface area (Å²) in [6, 6.07) is 14.2. The molecular weight excluding hydrogens is 710 g/mol. The summed E-state index contributed by atoms with van der Waals surface area (Å²) in [5, 5.41) is 2.89. The highest BCUT2D eigenvalue weighted by molar-refractivity contribution is 5.83. The summed E-state index contributed by atoms with van der Waals surface area (Å²) in [7, 11) is 4.48. The van der Waals surface area contributed by atoms with Crippen molar-refractivity contribution in [1.82, 2.24) is 10.2 Å². The van der Waals surface area contributed by atoms with Gasteiger partial charge in [-0.3, -0.25) is 9.59 Å². The van der Waals surface area contributed by atoms with Gasteiger partial charge >= 0.3 is 12.2 Å². The number of hydrogen-bond donors (Lipinski definition) is 2.